The Balaban J connectivity index is 1.89. The molecular weight excluding hydrogens is 458 g/mol. The van der Waals surface area contributed by atoms with Crippen molar-refractivity contribution in [3.05, 3.63) is 30.6 Å². The number of aromatic nitrogens is 4. The molecule has 0 aliphatic carbocycles. The number of hydrogen-bond acceptors (Lipinski definition) is 7. The second-order valence-corrected chi connectivity index (χ2v) is 8.95. The van der Waals surface area contributed by atoms with Gasteiger partial charge in [0.05, 0.1) is 33.8 Å². The molecule has 0 aliphatic heterocycles. The van der Waals surface area contributed by atoms with Gasteiger partial charge in [0, 0.05) is 12.1 Å². The molecule has 0 radical (unpaired) electrons. The van der Waals surface area contributed by atoms with E-state index < -0.39 is 0 Å². The van der Waals surface area contributed by atoms with Crippen LogP contribution in [0, 0.1) is 0 Å². The van der Waals surface area contributed by atoms with E-state index in [2.05, 4.69) is 34.2 Å². The number of methoxy groups -OCH3 is 3. The predicted molar refractivity (Wildman–Crippen MR) is 142 cm³/mol. The molecular formula is C27H43N5O4. The Kier molecular flexibility index (Phi) is 13.4. The molecule has 9 heteroatoms. The maximum absolute atomic E-state index is 12.7. The number of anilines is 1. The summed E-state index contributed by atoms with van der Waals surface area (Å²) in [6.45, 7) is 6.13. The van der Waals surface area contributed by atoms with Crippen LogP contribution >= 0.6 is 0 Å². The lowest BCUT2D eigenvalue weighted by Gasteiger charge is -2.15. The second kappa shape index (κ2) is 16.5. The van der Waals surface area contributed by atoms with Crippen molar-refractivity contribution in [3.63, 3.8) is 0 Å². The van der Waals surface area contributed by atoms with Gasteiger partial charge in [0.1, 0.15) is 22.9 Å². The number of unbranched alkanes of at least 4 members (excludes halogenated alkanes) is 8. The molecule has 200 valence electrons. The van der Waals surface area contributed by atoms with Gasteiger partial charge in [0.2, 0.25) is 5.91 Å². The van der Waals surface area contributed by atoms with Gasteiger partial charge in [0.15, 0.2) is 5.82 Å². The standard InChI is InChI=1S/C27H43N5O4/c1-6-8-9-10-11-12-13-14-15-17-21(16-7-2)32-30-25(29-31-32)20-26(33)28-27-23(35-4)18-22(34-3)19-24(27)36-5/h7,18-19,21H,2,6,8-17,20H2,1,3-5H3,(H,28,33). The molecule has 1 N–H and O–H groups in total. The highest BCUT2D eigenvalue weighted by atomic mass is 16.5. The van der Waals surface area contributed by atoms with Crippen LogP contribution in [-0.2, 0) is 11.2 Å². The van der Waals surface area contributed by atoms with Crippen LogP contribution < -0.4 is 19.5 Å². The highest BCUT2D eigenvalue weighted by molar-refractivity contribution is 5.95. The van der Waals surface area contributed by atoms with Crippen LogP contribution in [0.25, 0.3) is 0 Å². The molecule has 0 bridgehead atoms. The van der Waals surface area contributed by atoms with E-state index in [4.69, 9.17) is 14.2 Å². The summed E-state index contributed by atoms with van der Waals surface area (Å²) in [7, 11) is 4.59. The SMILES string of the molecule is C=CCC(CCCCCCCCCCC)n1nnc(CC(=O)Nc2c(OC)cc(OC)cc2OC)n1. The Bertz CT molecular complexity index is 906. The van der Waals surface area contributed by atoms with Gasteiger partial charge >= 0.3 is 0 Å². The Morgan fingerprint density at radius 1 is 1.00 bits per heavy atom. The molecule has 1 aromatic heterocycles. The molecule has 1 atom stereocenters. The molecule has 2 aromatic rings. The van der Waals surface area contributed by atoms with Crippen LogP contribution in [0.3, 0.4) is 0 Å². The van der Waals surface area contributed by atoms with Crippen LogP contribution in [0.1, 0.15) is 89.4 Å². The minimum absolute atomic E-state index is 0.0167. The third kappa shape index (κ3) is 9.51. The predicted octanol–water partition coefficient (Wildman–Crippen LogP) is 5.92. The van der Waals surface area contributed by atoms with Crippen molar-refractivity contribution < 1.29 is 19.0 Å². The molecule has 9 nitrogen and oxygen atoms in total. The summed E-state index contributed by atoms with van der Waals surface area (Å²) >= 11 is 0. The summed E-state index contributed by atoms with van der Waals surface area (Å²) in [5, 5.41) is 15.7. The zero-order valence-electron chi connectivity index (χ0n) is 22.4. The highest BCUT2D eigenvalue weighted by Crippen LogP contribution is 2.38. The van der Waals surface area contributed by atoms with Gasteiger partial charge in [-0.2, -0.15) is 4.80 Å². The molecule has 0 aliphatic rings. The first-order valence-electron chi connectivity index (χ1n) is 13.0. The topological polar surface area (TPSA) is 100 Å². The van der Waals surface area contributed by atoms with Crippen LogP contribution in [0.4, 0.5) is 5.69 Å². The van der Waals surface area contributed by atoms with Gasteiger partial charge in [-0.25, -0.2) is 0 Å². The minimum Gasteiger partial charge on any atom is -0.496 e. The molecule has 1 heterocycles. The first-order chi connectivity index (χ1) is 17.6. The van der Waals surface area contributed by atoms with E-state index in [-0.39, 0.29) is 18.4 Å². The zero-order valence-corrected chi connectivity index (χ0v) is 22.4. The lowest BCUT2D eigenvalue weighted by Crippen LogP contribution is -2.17. The number of ether oxygens (including phenoxy) is 3. The average molecular weight is 502 g/mol. The summed E-state index contributed by atoms with van der Waals surface area (Å²) in [6.07, 6.45) is 15.2. The van der Waals surface area contributed by atoms with Crippen molar-refractivity contribution in [2.45, 2.75) is 90.0 Å². The third-order valence-electron chi connectivity index (χ3n) is 6.17. The molecule has 1 amide bonds. The number of carbonyl (C=O) groups excluding carboxylic acids is 1. The molecule has 1 unspecified atom stereocenters. The van der Waals surface area contributed by atoms with Gasteiger partial charge in [-0.3, -0.25) is 4.79 Å². The summed E-state index contributed by atoms with van der Waals surface area (Å²) in [5.41, 5.74) is 0.424. The number of amides is 1. The Labute approximate surface area is 215 Å². The summed E-state index contributed by atoms with van der Waals surface area (Å²) < 4.78 is 16.0. The largest absolute Gasteiger partial charge is 0.496 e. The van der Waals surface area contributed by atoms with E-state index >= 15 is 0 Å². The number of hydrogen-bond donors (Lipinski definition) is 1. The van der Waals surface area contributed by atoms with Crippen molar-refractivity contribution in [1.29, 1.82) is 0 Å². The van der Waals surface area contributed by atoms with Crippen molar-refractivity contribution in [1.82, 2.24) is 20.2 Å². The Hall–Kier alpha value is -3.10. The zero-order chi connectivity index (χ0) is 26.2. The van der Waals surface area contributed by atoms with E-state index in [1.54, 1.807) is 24.0 Å². The summed E-state index contributed by atoms with van der Waals surface area (Å²) in [5.74, 6) is 1.49. The lowest BCUT2D eigenvalue weighted by molar-refractivity contribution is -0.115. The van der Waals surface area contributed by atoms with Crippen molar-refractivity contribution in [2.75, 3.05) is 26.6 Å². The second-order valence-electron chi connectivity index (χ2n) is 8.95. The van der Waals surface area contributed by atoms with Crippen LogP contribution in [0.2, 0.25) is 0 Å². The number of benzene rings is 1. The van der Waals surface area contributed by atoms with Gasteiger partial charge in [-0.15, -0.1) is 16.8 Å². The fourth-order valence-corrected chi connectivity index (χ4v) is 4.15. The summed E-state index contributed by atoms with van der Waals surface area (Å²) in [6, 6.07) is 3.45. The number of rotatable bonds is 19. The van der Waals surface area contributed by atoms with Crippen molar-refractivity contribution in [2.24, 2.45) is 0 Å². The quantitative estimate of drug-likeness (QED) is 0.188. The van der Waals surface area contributed by atoms with E-state index in [0.717, 1.165) is 19.3 Å². The minimum atomic E-state index is -0.296. The number of carbonyl (C=O) groups is 1. The molecule has 2 rings (SSSR count). The molecule has 0 saturated heterocycles. The fourth-order valence-electron chi connectivity index (χ4n) is 4.15. The molecule has 0 spiro atoms. The van der Waals surface area contributed by atoms with Gasteiger partial charge in [-0.1, -0.05) is 70.8 Å². The third-order valence-corrected chi connectivity index (χ3v) is 6.17. The fraction of sp³-hybridized carbons (Fsp3) is 0.630. The molecule has 36 heavy (non-hydrogen) atoms. The number of tetrazole rings is 1. The molecule has 0 saturated carbocycles. The van der Waals surface area contributed by atoms with Crippen LogP contribution in [0.5, 0.6) is 17.2 Å². The van der Waals surface area contributed by atoms with Crippen LogP contribution in [0.15, 0.2) is 24.8 Å². The van der Waals surface area contributed by atoms with Gasteiger partial charge in [-0.05, 0) is 18.1 Å². The van der Waals surface area contributed by atoms with Crippen LogP contribution in [-0.4, -0.2) is 47.4 Å². The monoisotopic (exact) mass is 501 g/mol. The van der Waals surface area contributed by atoms with Gasteiger partial charge in [0.25, 0.3) is 0 Å². The van der Waals surface area contributed by atoms with Gasteiger partial charge < -0.3 is 19.5 Å². The van der Waals surface area contributed by atoms with E-state index in [1.165, 1.54) is 65.6 Å². The Morgan fingerprint density at radius 3 is 2.17 bits per heavy atom. The normalized spacial score (nSPS) is 11.7. The number of allylic oxidation sites excluding steroid dienone is 1. The number of nitrogens with one attached hydrogen (secondary N) is 1. The highest BCUT2D eigenvalue weighted by Gasteiger charge is 2.19. The lowest BCUT2D eigenvalue weighted by atomic mass is 10.0. The maximum atomic E-state index is 12.7. The van der Waals surface area contributed by atoms with E-state index in [9.17, 15) is 4.79 Å². The first kappa shape index (κ1) is 29.1. The maximum Gasteiger partial charge on any atom is 0.232 e. The first-order valence-corrected chi connectivity index (χ1v) is 13.0. The van der Waals surface area contributed by atoms with E-state index in [1.807, 2.05) is 6.08 Å². The molecule has 0 fully saturated rings. The van der Waals surface area contributed by atoms with Crippen molar-refractivity contribution >= 4 is 11.6 Å². The number of nitrogens with zero attached hydrogens (tertiary/aromatic N) is 4. The smallest absolute Gasteiger partial charge is 0.232 e. The Morgan fingerprint density at radius 2 is 1.61 bits per heavy atom. The summed E-state index contributed by atoms with van der Waals surface area (Å²) in [4.78, 5) is 14.4. The van der Waals surface area contributed by atoms with Crippen molar-refractivity contribution in [3.8, 4) is 17.2 Å². The molecule has 1 aromatic carbocycles. The van der Waals surface area contributed by atoms with E-state index in [0.29, 0.717) is 28.8 Å². The average Bonchev–Trinajstić information content (AvgIpc) is 3.35.